The van der Waals surface area contributed by atoms with Gasteiger partial charge in [-0.2, -0.15) is 4.31 Å². The molecule has 0 aliphatic heterocycles. The van der Waals surface area contributed by atoms with Gasteiger partial charge in [0.15, 0.2) is 5.69 Å². The number of nitrogens with one attached hydrogen (secondary N) is 1. The Kier molecular flexibility index (Phi) is 5.92. The lowest BCUT2D eigenvalue weighted by molar-refractivity contribution is -0.713. The van der Waals surface area contributed by atoms with Crippen LogP contribution in [0.2, 0.25) is 0 Å². The van der Waals surface area contributed by atoms with Gasteiger partial charge in [0.2, 0.25) is 0 Å². The Balaban J connectivity index is 0.00000220. The summed E-state index contributed by atoms with van der Waals surface area (Å²) in [5.41, 5.74) is 3.30. The van der Waals surface area contributed by atoms with Gasteiger partial charge in [-0.15, -0.1) is 8.42 Å². The van der Waals surface area contributed by atoms with Crippen LogP contribution < -0.4 is 16.7 Å². The fourth-order valence-electron chi connectivity index (χ4n) is 2.16. The predicted octanol–water partition coefficient (Wildman–Crippen LogP) is -1.17. The Morgan fingerprint density at radius 3 is 2.19 bits per heavy atom. The molecule has 0 spiro atoms. The van der Waals surface area contributed by atoms with E-state index in [4.69, 9.17) is 0 Å². The van der Waals surface area contributed by atoms with Gasteiger partial charge >= 0.3 is 10.3 Å². The molecule has 0 heterocycles. The molecule has 0 fully saturated rings. The van der Waals surface area contributed by atoms with Crippen molar-refractivity contribution < 1.29 is 29.7 Å². The van der Waals surface area contributed by atoms with Crippen LogP contribution >= 0.6 is 0 Å². The summed E-state index contributed by atoms with van der Waals surface area (Å²) in [4.78, 5) is 0. The lowest BCUT2D eigenvalue weighted by atomic mass is 10.1. The molecule has 0 aromatic heterocycles. The monoisotopic (exact) mass is 327 g/mol. The van der Waals surface area contributed by atoms with Crippen LogP contribution in [0.4, 0.5) is 5.69 Å². The van der Waals surface area contributed by atoms with Crippen LogP contribution in [0.15, 0.2) is 48.5 Å². The highest BCUT2D eigenvalue weighted by molar-refractivity contribution is 7.79. The standard InChI is InChI=1S/C15H17NO3S.ClH/c1-12-7-6-10-15(13(12)2)16(20(17,18)19)11-14-8-4-3-5-9-14;/h3-10H,11H2,1-2H3,(H,17,18,19);1H. The van der Waals surface area contributed by atoms with E-state index in [1.54, 1.807) is 12.1 Å². The maximum Gasteiger partial charge on any atom is 0.436 e. The minimum atomic E-state index is -4.24. The molecule has 2 aromatic rings. The zero-order chi connectivity index (χ0) is 14.8. The quantitative estimate of drug-likeness (QED) is 0.696. The highest BCUT2D eigenvalue weighted by Crippen LogP contribution is 2.15. The molecule has 6 heteroatoms. The Bertz CT molecular complexity index is 702. The van der Waals surface area contributed by atoms with Crippen LogP contribution in [0.25, 0.3) is 0 Å². The number of hydrogen-bond donors (Lipinski definition) is 2. The molecule has 0 aliphatic rings. The Morgan fingerprint density at radius 1 is 1.00 bits per heavy atom. The number of aryl methyl sites for hydroxylation is 1. The summed E-state index contributed by atoms with van der Waals surface area (Å²) in [6, 6.07) is 14.7. The molecule has 21 heavy (non-hydrogen) atoms. The molecule has 2 aromatic carbocycles. The largest absolute Gasteiger partial charge is 1.00 e. The third-order valence-electron chi connectivity index (χ3n) is 3.42. The number of quaternary nitrogens is 1. The lowest BCUT2D eigenvalue weighted by Gasteiger charge is -2.17. The van der Waals surface area contributed by atoms with Gasteiger partial charge in [0.1, 0.15) is 6.54 Å². The van der Waals surface area contributed by atoms with E-state index in [0.29, 0.717) is 5.69 Å². The molecular formula is C15H18ClNO3S. The van der Waals surface area contributed by atoms with Crippen molar-refractivity contribution >= 4 is 16.0 Å². The number of rotatable bonds is 4. The molecule has 0 saturated heterocycles. The van der Waals surface area contributed by atoms with Crippen molar-refractivity contribution in [1.29, 1.82) is 0 Å². The van der Waals surface area contributed by atoms with Crippen LogP contribution in [0.5, 0.6) is 0 Å². The van der Waals surface area contributed by atoms with Crippen LogP contribution in [-0.2, 0) is 16.8 Å². The number of benzene rings is 2. The molecule has 2 rings (SSSR count). The lowest BCUT2D eigenvalue weighted by Crippen LogP contribution is -3.08. The fraction of sp³-hybridized carbons (Fsp3) is 0.200. The molecule has 0 saturated carbocycles. The average Bonchev–Trinajstić information content (AvgIpc) is 2.40. The van der Waals surface area contributed by atoms with E-state index in [9.17, 15) is 13.0 Å². The zero-order valence-corrected chi connectivity index (χ0v) is 13.4. The highest BCUT2D eigenvalue weighted by atomic mass is 35.5. The van der Waals surface area contributed by atoms with Gasteiger partial charge in [0.25, 0.3) is 0 Å². The summed E-state index contributed by atoms with van der Waals surface area (Å²) in [5.74, 6) is 0. The predicted molar refractivity (Wildman–Crippen MR) is 78.2 cm³/mol. The minimum Gasteiger partial charge on any atom is -1.00 e. The Morgan fingerprint density at radius 2 is 1.62 bits per heavy atom. The number of hydrogen-bond acceptors (Lipinski definition) is 2. The van der Waals surface area contributed by atoms with E-state index in [1.165, 1.54) is 0 Å². The van der Waals surface area contributed by atoms with Crippen LogP contribution in [-0.4, -0.2) is 13.0 Å². The smallest absolute Gasteiger partial charge is 0.436 e. The van der Waals surface area contributed by atoms with Gasteiger partial charge in [0, 0.05) is 17.2 Å². The van der Waals surface area contributed by atoms with E-state index in [2.05, 4.69) is 0 Å². The van der Waals surface area contributed by atoms with Crippen molar-refractivity contribution in [3.8, 4) is 0 Å². The maximum atomic E-state index is 11.7. The van der Waals surface area contributed by atoms with Crippen molar-refractivity contribution in [3.63, 3.8) is 0 Å². The molecule has 1 unspecified atom stereocenters. The van der Waals surface area contributed by atoms with E-state index in [0.717, 1.165) is 16.7 Å². The second-order valence-electron chi connectivity index (χ2n) is 4.81. The second kappa shape index (κ2) is 7.04. The van der Waals surface area contributed by atoms with Crippen LogP contribution in [0.1, 0.15) is 16.7 Å². The molecular weight excluding hydrogens is 310 g/mol. The molecule has 0 aliphatic carbocycles. The van der Waals surface area contributed by atoms with Gasteiger partial charge in [0.05, 0.1) is 0 Å². The van der Waals surface area contributed by atoms with Crippen molar-refractivity contribution in [2.24, 2.45) is 0 Å². The summed E-state index contributed by atoms with van der Waals surface area (Å²) in [6.45, 7) is 3.97. The van der Waals surface area contributed by atoms with E-state index in [1.807, 2.05) is 50.2 Å². The minimum absolute atomic E-state index is 0. The van der Waals surface area contributed by atoms with E-state index >= 15 is 0 Å². The third-order valence-corrected chi connectivity index (χ3v) is 4.41. The summed E-state index contributed by atoms with van der Waals surface area (Å²) in [6.07, 6.45) is 0. The van der Waals surface area contributed by atoms with Crippen molar-refractivity contribution in [3.05, 3.63) is 65.2 Å². The summed E-state index contributed by atoms with van der Waals surface area (Å²) < 4.78 is 33.0. The van der Waals surface area contributed by atoms with Gasteiger partial charge in [-0.3, -0.25) is 0 Å². The zero-order valence-electron chi connectivity index (χ0n) is 11.9. The summed E-state index contributed by atoms with van der Waals surface area (Å²) in [7, 11) is -4.24. The van der Waals surface area contributed by atoms with Crippen molar-refractivity contribution in [2.45, 2.75) is 20.4 Å². The average molecular weight is 328 g/mol. The first-order valence-electron chi connectivity index (χ1n) is 6.33. The van der Waals surface area contributed by atoms with E-state index in [-0.39, 0.29) is 23.3 Å². The molecule has 2 N–H and O–H groups in total. The fourth-order valence-corrected chi connectivity index (χ4v) is 3.01. The molecule has 0 bridgehead atoms. The van der Waals surface area contributed by atoms with Gasteiger partial charge < -0.3 is 12.4 Å². The summed E-state index contributed by atoms with van der Waals surface area (Å²) in [5, 5.41) is 0. The Hall–Kier alpha value is -1.40. The number of halogens is 1. The first-order valence-corrected chi connectivity index (χ1v) is 7.77. The normalized spacial score (nSPS) is 12.5. The maximum absolute atomic E-state index is 11.7. The SMILES string of the molecule is Cc1cccc([NH+](Cc2ccccc2)S(=O)(=O)O)c1C.[Cl-]. The van der Waals surface area contributed by atoms with Crippen molar-refractivity contribution in [1.82, 2.24) is 0 Å². The van der Waals surface area contributed by atoms with Crippen molar-refractivity contribution in [2.75, 3.05) is 0 Å². The van der Waals surface area contributed by atoms with Gasteiger partial charge in [-0.1, -0.05) is 42.5 Å². The third kappa shape index (κ3) is 4.28. The molecule has 1 atom stereocenters. The molecule has 114 valence electrons. The van der Waals surface area contributed by atoms with Crippen LogP contribution in [0, 0.1) is 13.8 Å². The summed E-state index contributed by atoms with van der Waals surface area (Å²) >= 11 is 0. The second-order valence-corrected chi connectivity index (χ2v) is 6.25. The molecule has 0 amide bonds. The topological polar surface area (TPSA) is 58.8 Å². The van der Waals surface area contributed by atoms with Gasteiger partial charge in [-0.25, -0.2) is 4.55 Å². The van der Waals surface area contributed by atoms with Crippen LogP contribution in [0.3, 0.4) is 0 Å². The van der Waals surface area contributed by atoms with E-state index < -0.39 is 10.3 Å². The van der Waals surface area contributed by atoms with Gasteiger partial charge in [-0.05, 0) is 19.4 Å². The first kappa shape index (κ1) is 17.7. The first-order chi connectivity index (χ1) is 9.39. The molecule has 0 radical (unpaired) electrons. The Labute approximate surface area is 131 Å². The highest BCUT2D eigenvalue weighted by Gasteiger charge is 2.28. The molecule has 4 nitrogen and oxygen atoms in total.